The van der Waals surface area contributed by atoms with Gasteiger partial charge >= 0.3 is 0 Å². The van der Waals surface area contributed by atoms with Gasteiger partial charge in [-0.05, 0) is 87.5 Å². The van der Waals surface area contributed by atoms with Crippen molar-refractivity contribution in [1.82, 2.24) is 14.9 Å². The molecule has 4 rings (SSSR count). The Bertz CT molecular complexity index is 1090. The topological polar surface area (TPSA) is 78.7 Å². The Labute approximate surface area is 216 Å². The minimum Gasteiger partial charge on any atom is -0.497 e. The minimum absolute atomic E-state index is 0.141. The molecule has 1 aliphatic heterocycles. The van der Waals surface area contributed by atoms with Crippen molar-refractivity contribution in [3.63, 3.8) is 0 Å². The van der Waals surface area contributed by atoms with Crippen LogP contribution in [0.2, 0.25) is 5.02 Å². The van der Waals surface area contributed by atoms with Gasteiger partial charge in [-0.25, -0.2) is 4.98 Å². The minimum atomic E-state index is -0.731. The van der Waals surface area contributed by atoms with Crippen molar-refractivity contribution in [2.75, 3.05) is 39.1 Å². The van der Waals surface area contributed by atoms with E-state index in [9.17, 15) is 10.2 Å². The summed E-state index contributed by atoms with van der Waals surface area (Å²) in [5.41, 5.74) is 1.30. The van der Waals surface area contributed by atoms with E-state index >= 15 is 0 Å². The molecule has 6 nitrogen and oxygen atoms in total. The zero-order chi connectivity index (χ0) is 24.7. The second-order valence-electron chi connectivity index (χ2n) is 9.33. The van der Waals surface area contributed by atoms with Gasteiger partial charge in [0.2, 0.25) is 0 Å². The van der Waals surface area contributed by atoms with E-state index < -0.39 is 6.10 Å². The van der Waals surface area contributed by atoms with Gasteiger partial charge in [0.15, 0.2) is 0 Å². The summed E-state index contributed by atoms with van der Waals surface area (Å²) >= 11 is 8.28. The Hall–Kier alpha value is -1.90. The summed E-state index contributed by atoms with van der Waals surface area (Å²) in [7, 11) is 1.62. The van der Waals surface area contributed by atoms with E-state index in [1.807, 2.05) is 42.6 Å². The van der Waals surface area contributed by atoms with Crippen molar-refractivity contribution in [3.8, 4) is 5.75 Å². The summed E-state index contributed by atoms with van der Waals surface area (Å²) in [5, 5.41) is 23.8. The number of halogens is 1. The zero-order valence-corrected chi connectivity index (χ0v) is 21.8. The van der Waals surface area contributed by atoms with Crippen molar-refractivity contribution in [2.24, 2.45) is 5.41 Å². The smallest absolute Gasteiger partial charge is 0.119 e. The lowest BCUT2D eigenvalue weighted by Crippen LogP contribution is -2.42. The number of methoxy groups -OCH3 is 1. The Balaban J connectivity index is 1.30. The number of benzene rings is 1. The van der Waals surface area contributed by atoms with Crippen molar-refractivity contribution in [1.29, 1.82) is 0 Å². The first-order valence-electron chi connectivity index (χ1n) is 12.2. The molecule has 188 valence electrons. The first-order chi connectivity index (χ1) is 17.0. The zero-order valence-electron chi connectivity index (χ0n) is 20.2. The van der Waals surface area contributed by atoms with Gasteiger partial charge < -0.3 is 19.8 Å². The Morgan fingerprint density at radius 2 is 2.03 bits per heavy atom. The van der Waals surface area contributed by atoms with Crippen LogP contribution in [-0.4, -0.2) is 64.2 Å². The monoisotopic (exact) mass is 515 g/mol. The number of thioether (sulfide) groups is 1. The number of rotatable bonds is 11. The highest BCUT2D eigenvalue weighted by Gasteiger charge is 2.34. The van der Waals surface area contributed by atoms with Gasteiger partial charge in [0.25, 0.3) is 0 Å². The Morgan fingerprint density at radius 3 is 2.74 bits per heavy atom. The van der Waals surface area contributed by atoms with Crippen LogP contribution in [0.15, 0.2) is 53.8 Å². The van der Waals surface area contributed by atoms with Gasteiger partial charge in [-0.2, -0.15) is 0 Å². The van der Waals surface area contributed by atoms with Crippen LogP contribution in [0.5, 0.6) is 5.75 Å². The third kappa shape index (κ3) is 6.66. The Morgan fingerprint density at radius 1 is 1.20 bits per heavy atom. The average molecular weight is 516 g/mol. The summed E-state index contributed by atoms with van der Waals surface area (Å²) in [6.45, 7) is 3.15. The van der Waals surface area contributed by atoms with Crippen LogP contribution in [0.3, 0.4) is 0 Å². The highest BCUT2D eigenvalue weighted by molar-refractivity contribution is 7.99. The number of hydrogen-bond donors (Lipinski definition) is 2. The molecule has 1 fully saturated rings. The van der Waals surface area contributed by atoms with E-state index in [4.69, 9.17) is 16.3 Å². The quantitative estimate of drug-likeness (QED) is 0.263. The molecule has 1 atom stereocenters. The SMILES string of the molecule is COc1ccc2ncc(Cl)c([C@H](O)CCC3(CO)CCN(CCCSc4ccccn4)CC3)c2c1. The van der Waals surface area contributed by atoms with Crippen LogP contribution in [0.25, 0.3) is 10.9 Å². The standard InChI is InChI=1S/C27H34ClN3O3S/c1-34-20-6-7-23-21(17-20)26(22(28)18-30-23)24(33)8-9-27(19-32)10-14-31(15-11-27)13-4-16-35-25-5-2-3-12-29-25/h2-3,5-7,12,17-18,24,32-33H,4,8-11,13-16,19H2,1H3/t24-/m1/s1. The van der Waals surface area contributed by atoms with Crippen LogP contribution in [-0.2, 0) is 0 Å². The summed E-state index contributed by atoms with van der Waals surface area (Å²) in [5.74, 6) is 1.75. The first kappa shape index (κ1) is 26.2. The van der Waals surface area contributed by atoms with Gasteiger partial charge in [0.1, 0.15) is 5.75 Å². The molecule has 0 spiro atoms. The van der Waals surface area contributed by atoms with Crippen LogP contribution < -0.4 is 4.74 Å². The molecule has 0 amide bonds. The predicted molar refractivity (Wildman–Crippen MR) is 142 cm³/mol. The number of ether oxygens (including phenoxy) is 1. The van der Waals surface area contributed by atoms with E-state index in [0.29, 0.717) is 22.8 Å². The van der Waals surface area contributed by atoms with Crippen LogP contribution in [0.1, 0.15) is 43.8 Å². The molecule has 8 heteroatoms. The van der Waals surface area contributed by atoms with Crippen molar-refractivity contribution >= 4 is 34.3 Å². The summed E-state index contributed by atoms with van der Waals surface area (Å²) in [6.07, 6.45) is 6.97. The fourth-order valence-corrected chi connectivity index (χ4v) is 5.93. The molecule has 0 saturated carbocycles. The van der Waals surface area contributed by atoms with E-state index in [-0.39, 0.29) is 12.0 Å². The number of piperidine rings is 1. The first-order valence-corrected chi connectivity index (χ1v) is 13.6. The van der Waals surface area contributed by atoms with E-state index in [1.165, 1.54) is 0 Å². The molecule has 3 heterocycles. The Kier molecular flexibility index (Phi) is 9.25. The number of fused-ring (bicyclic) bond motifs is 1. The van der Waals surface area contributed by atoms with Crippen LogP contribution in [0, 0.1) is 5.41 Å². The number of hydrogen-bond acceptors (Lipinski definition) is 7. The van der Waals surface area contributed by atoms with E-state index in [1.54, 1.807) is 25.1 Å². The lowest BCUT2D eigenvalue weighted by molar-refractivity contribution is 0.0238. The highest BCUT2D eigenvalue weighted by atomic mass is 35.5. The average Bonchev–Trinajstić information content (AvgIpc) is 2.90. The maximum Gasteiger partial charge on any atom is 0.119 e. The van der Waals surface area contributed by atoms with Crippen molar-refractivity contribution in [3.05, 3.63) is 59.4 Å². The second kappa shape index (κ2) is 12.4. The third-order valence-electron chi connectivity index (χ3n) is 7.11. The highest BCUT2D eigenvalue weighted by Crippen LogP contribution is 2.40. The lowest BCUT2D eigenvalue weighted by atomic mass is 9.74. The van der Waals surface area contributed by atoms with E-state index in [2.05, 4.69) is 14.9 Å². The van der Waals surface area contributed by atoms with Gasteiger partial charge in [0.05, 0.1) is 28.8 Å². The van der Waals surface area contributed by atoms with Gasteiger partial charge in [-0.15, -0.1) is 11.8 Å². The van der Waals surface area contributed by atoms with Crippen molar-refractivity contribution in [2.45, 2.75) is 43.2 Å². The van der Waals surface area contributed by atoms with Gasteiger partial charge in [0, 0.05) is 35.7 Å². The molecule has 0 bridgehead atoms. The molecule has 3 aromatic rings. The fraction of sp³-hybridized carbons (Fsp3) is 0.481. The maximum atomic E-state index is 11.1. The summed E-state index contributed by atoms with van der Waals surface area (Å²) < 4.78 is 5.36. The summed E-state index contributed by atoms with van der Waals surface area (Å²) in [4.78, 5) is 11.2. The predicted octanol–water partition coefficient (Wildman–Crippen LogP) is 5.36. The van der Waals surface area contributed by atoms with Crippen LogP contribution >= 0.6 is 23.4 Å². The molecule has 1 aromatic carbocycles. The molecule has 35 heavy (non-hydrogen) atoms. The number of aromatic nitrogens is 2. The molecule has 0 unspecified atom stereocenters. The van der Waals surface area contributed by atoms with Gasteiger partial charge in [-0.1, -0.05) is 17.7 Å². The van der Waals surface area contributed by atoms with E-state index in [0.717, 1.165) is 67.0 Å². The molecular formula is C27H34ClN3O3S. The fourth-order valence-electron chi connectivity index (χ4n) is 4.86. The lowest BCUT2D eigenvalue weighted by Gasteiger charge is -2.41. The molecule has 1 saturated heterocycles. The third-order valence-corrected chi connectivity index (χ3v) is 8.44. The van der Waals surface area contributed by atoms with Crippen molar-refractivity contribution < 1.29 is 14.9 Å². The molecule has 2 N–H and O–H groups in total. The van der Waals surface area contributed by atoms with Gasteiger partial charge in [-0.3, -0.25) is 4.98 Å². The number of likely N-dealkylation sites (tertiary alicyclic amines) is 1. The molecule has 0 aliphatic carbocycles. The normalized spacial score (nSPS) is 16.9. The second-order valence-corrected chi connectivity index (χ2v) is 10.8. The number of pyridine rings is 2. The number of aliphatic hydroxyl groups excluding tert-OH is 2. The maximum absolute atomic E-state index is 11.1. The number of aliphatic hydroxyl groups is 2. The molecular weight excluding hydrogens is 482 g/mol. The largest absolute Gasteiger partial charge is 0.497 e. The number of nitrogens with zero attached hydrogens (tertiary/aromatic N) is 3. The molecule has 1 aliphatic rings. The summed E-state index contributed by atoms with van der Waals surface area (Å²) in [6, 6.07) is 11.6. The molecule has 0 radical (unpaired) electrons. The van der Waals surface area contributed by atoms with Crippen LogP contribution in [0.4, 0.5) is 0 Å². The molecule has 2 aromatic heterocycles.